The van der Waals surface area contributed by atoms with Crippen molar-refractivity contribution in [2.75, 3.05) is 22.9 Å². The minimum atomic E-state index is -4.32. The number of benzene rings is 1. The van der Waals surface area contributed by atoms with Gasteiger partial charge in [0.2, 0.25) is 11.0 Å². The van der Waals surface area contributed by atoms with E-state index in [0.29, 0.717) is 4.34 Å². The fraction of sp³-hybridized carbons (Fsp3) is 0.438. The molecule has 0 saturated heterocycles. The highest BCUT2D eigenvalue weighted by Gasteiger charge is 2.27. The summed E-state index contributed by atoms with van der Waals surface area (Å²) in [6.45, 7) is 2.88. The van der Waals surface area contributed by atoms with Crippen LogP contribution in [0.25, 0.3) is 0 Å². The van der Waals surface area contributed by atoms with E-state index in [0.717, 1.165) is 52.8 Å². The zero-order valence-electron chi connectivity index (χ0n) is 14.3. The number of carbonyl (C=O) groups excluding carboxylic acids is 1. The normalized spacial score (nSPS) is 11.4. The molecule has 0 unspecified atom stereocenters. The Morgan fingerprint density at radius 2 is 1.85 bits per heavy atom. The lowest BCUT2D eigenvalue weighted by Gasteiger charge is -2.14. The van der Waals surface area contributed by atoms with Gasteiger partial charge in [-0.15, -0.1) is 10.2 Å². The van der Waals surface area contributed by atoms with Gasteiger partial charge >= 0.3 is 6.18 Å². The predicted molar refractivity (Wildman–Crippen MR) is 99.0 cm³/mol. The Bertz CT molecular complexity index is 727. The highest BCUT2D eigenvalue weighted by atomic mass is 32.2. The van der Waals surface area contributed by atoms with Crippen LogP contribution in [0.1, 0.15) is 25.0 Å². The number of hydrogen-bond donors (Lipinski definition) is 2. The van der Waals surface area contributed by atoms with Crippen LogP contribution in [0.2, 0.25) is 0 Å². The van der Waals surface area contributed by atoms with E-state index in [4.69, 9.17) is 0 Å². The van der Waals surface area contributed by atoms with Gasteiger partial charge in [-0.05, 0) is 24.0 Å². The van der Waals surface area contributed by atoms with Crippen molar-refractivity contribution in [3.05, 3.63) is 29.3 Å². The summed E-state index contributed by atoms with van der Waals surface area (Å²) in [5, 5.41) is 12.6. The average Bonchev–Trinajstić information content (AvgIpc) is 3.06. The second-order valence-corrected chi connectivity index (χ2v) is 7.54. The topological polar surface area (TPSA) is 66.9 Å². The maximum atomic E-state index is 12.2. The van der Waals surface area contributed by atoms with Crippen LogP contribution < -0.4 is 10.6 Å². The zero-order chi connectivity index (χ0) is 19.2. The average molecular weight is 404 g/mol. The summed E-state index contributed by atoms with van der Waals surface area (Å²) < 4.78 is 36.9. The van der Waals surface area contributed by atoms with Crippen LogP contribution >= 0.6 is 23.1 Å². The second-order valence-electron chi connectivity index (χ2n) is 5.34. The molecule has 0 bridgehead atoms. The fourth-order valence-corrected chi connectivity index (χ4v) is 3.77. The second kappa shape index (κ2) is 9.22. The van der Waals surface area contributed by atoms with Gasteiger partial charge in [-0.25, -0.2) is 0 Å². The molecule has 0 atom stereocenters. The van der Waals surface area contributed by atoms with Gasteiger partial charge in [-0.1, -0.05) is 55.1 Å². The molecular formula is C16H19F3N4OS2. The lowest BCUT2D eigenvalue weighted by Crippen LogP contribution is -2.21. The largest absolute Gasteiger partial charge is 0.405 e. The van der Waals surface area contributed by atoms with Crippen molar-refractivity contribution in [1.82, 2.24) is 10.2 Å². The van der Waals surface area contributed by atoms with Crippen molar-refractivity contribution < 1.29 is 18.0 Å². The zero-order valence-corrected chi connectivity index (χ0v) is 15.9. The molecule has 0 fully saturated rings. The molecule has 0 aliphatic heterocycles. The Kier molecular flexibility index (Phi) is 7.27. The number of anilines is 2. The lowest BCUT2D eigenvalue weighted by molar-refractivity contribution is -0.115. The molecule has 1 aromatic heterocycles. The molecular weight excluding hydrogens is 385 g/mol. The molecule has 0 saturated carbocycles. The summed E-state index contributed by atoms with van der Waals surface area (Å²) in [6.07, 6.45) is -2.70. The van der Waals surface area contributed by atoms with Crippen LogP contribution in [0.4, 0.5) is 24.0 Å². The number of rotatable bonds is 8. The molecule has 26 heavy (non-hydrogen) atoms. The van der Waals surface area contributed by atoms with E-state index in [1.54, 1.807) is 0 Å². The lowest BCUT2D eigenvalue weighted by atomic mass is 10.0. The number of nitrogens with one attached hydrogen (secondary N) is 2. The van der Waals surface area contributed by atoms with Gasteiger partial charge < -0.3 is 10.6 Å². The first-order valence-corrected chi connectivity index (χ1v) is 9.80. The van der Waals surface area contributed by atoms with Crippen molar-refractivity contribution in [2.24, 2.45) is 0 Å². The van der Waals surface area contributed by atoms with Gasteiger partial charge in [-0.3, -0.25) is 4.79 Å². The molecule has 1 heterocycles. The third kappa shape index (κ3) is 6.17. The van der Waals surface area contributed by atoms with Crippen molar-refractivity contribution in [2.45, 2.75) is 37.2 Å². The van der Waals surface area contributed by atoms with Gasteiger partial charge in [-0.2, -0.15) is 13.2 Å². The number of aromatic nitrogens is 2. The van der Waals surface area contributed by atoms with Crippen molar-refractivity contribution >= 4 is 39.8 Å². The maximum absolute atomic E-state index is 12.2. The van der Waals surface area contributed by atoms with Crippen LogP contribution in [-0.2, 0) is 17.6 Å². The number of carbonyl (C=O) groups is 1. The monoisotopic (exact) mass is 404 g/mol. The molecule has 0 radical (unpaired) electrons. The number of amides is 1. The third-order valence-electron chi connectivity index (χ3n) is 3.44. The number of halogens is 3. The highest BCUT2D eigenvalue weighted by Crippen LogP contribution is 2.27. The van der Waals surface area contributed by atoms with Crippen molar-refractivity contribution in [1.29, 1.82) is 0 Å². The Morgan fingerprint density at radius 3 is 2.42 bits per heavy atom. The van der Waals surface area contributed by atoms with Crippen LogP contribution in [0, 0.1) is 0 Å². The first-order chi connectivity index (χ1) is 12.3. The summed E-state index contributed by atoms with van der Waals surface area (Å²) in [6, 6.07) is 5.93. The Morgan fingerprint density at radius 1 is 1.19 bits per heavy atom. The number of para-hydroxylation sites is 1. The molecule has 5 nitrogen and oxygen atoms in total. The maximum Gasteiger partial charge on any atom is 0.405 e. The van der Waals surface area contributed by atoms with Crippen molar-refractivity contribution in [3.8, 4) is 0 Å². The molecule has 142 valence electrons. The van der Waals surface area contributed by atoms with Crippen LogP contribution in [0.3, 0.4) is 0 Å². The first-order valence-electron chi connectivity index (χ1n) is 8.00. The molecule has 2 rings (SSSR count). The Labute approximate surface area is 157 Å². The van der Waals surface area contributed by atoms with E-state index in [2.05, 4.69) is 20.8 Å². The van der Waals surface area contributed by atoms with Gasteiger partial charge in [0.25, 0.3) is 0 Å². The summed E-state index contributed by atoms with van der Waals surface area (Å²) >= 11 is 2.13. The van der Waals surface area contributed by atoms with Gasteiger partial charge in [0.05, 0.1) is 5.75 Å². The number of alkyl halides is 3. The van der Waals surface area contributed by atoms with E-state index >= 15 is 0 Å². The summed E-state index contributed by atoms with van der Waals surface area (Å²) in [7, 11) is 0. The molecule has 2 aromatic rings. The summed E-state index contributed by atoms with van der Waals surface area (Å²) in [5.41, 5.74) is 2.97. The van der Waals surface area contributed by atoms with E-state index in [9.17, 15) is 18.0 Å². The van der Waals surface area contributed by atoms with Crippen LogP contribution in [0.5, 0.6) is 0 Å². The smallest absolute Gasteiger partial charge is 0.351 e. The molecule has 10 heteroatoms. The Balaban J connectivity index is 1.91. The minimum absolute atomic E-state index is 0.0785. The van der Waals surface area contributed by atoms with E-state index < -0.39 is 12.7 Å². The summed E-state index contributed by atoms with van der Waals surface area (Å²) in [5.74, 6) is -0.0830. The molecule has 0 aliphatic carbocycles. The highest BCUT2D eigenvalue weighted by molar-refractivity contribution is 8.01. The van der Waals surface area contributed by atoms with Gasteiger partial charge in [0.1, 0.15) is 6.54 Å². The number of hydrogen-bond acceptors (Lipinski definition) is 6. The fourth-order valence-electron chi connectivity index (χ4n) is 2.22. The third-order valence-corrected chi connectivity index (χ3v) is 5.45. The Hall–Kier alpha value is -1.81. The van der Waals surface area contributed by atoms with Gasteiger partial charge in [0.15, 0.2) is 4.34 Å². The molecule has 2 N–H and O–H groups in total. The SMILES string of the molecule is CCc1cccc(CC)c1NC(=O)CSc1nnc(NCC(F)(F)F)s1. The van der Waals surface area contributed by atoms with E-state index in [1.807, 2.05) is 32.0 Å². The molecule has 0 spiro atoms. The van der Waals surface area contributed by atoms with Crippen LogP contribution in [0.15, 0.2) is 22.5 Å². The van der Waals surface area contributed by atoms with Crippen molar-refractivity contribution in [3.63, 3.8) is 0 Å². The first kappa shape index (κ1) is 20.5. The molecule has 1 amide bonds. The van der Waals surface area contributed by atoms with Crippen LogP contribution in [-0.4, -0.2) is 34.6 Å². The molecule has 0 aliphatic rings. The molecule has 1 aromatic carbocycles. The van der Waals surface area contributed by atoms with E-state index in [-0.39, 0.29) is 16.8 Å². The number of thioether (sulfide) groups is 1. The number of nitrogens with zero attached hydrogens (tertiary/aromatic N) is 2. The van der Waals surface area contributed by atoms with E-state index in [1.165, 1.54) is 0 Å². The predicted octanol–water partition coefficient (Wildman–Crippen LogP) is 4.37. The standard InChI is InChI=1S/C16H19F3N4OS2/c1-3-10-6-5-7-11(4-2)13(10)21-12(24)8-25-15-23-22-14(26-15)20-9-16(17,18)19/h5-7H,3-4,8-9H2,1-2H3,(H,20,22)(H,21,24). The minimum Gasteiger partial charge on any atom is -0.351 e. The quantitative estimate of drug-likeness (QED) is 0.640. The van der Waals surface area contributed by atoms with Gasteiger partial charge in [0, 0.05) is 5.69 Å². The number of aryl methyl sites for hydroxylation is 2. The summed E-state index contributed by atoms with van der Waals surface area (Å²) in [4.78, 5) is 12.2.